The van der Waals surface area contributed by atoms with Gasteiger partial charge in [0.15, 0.2) is 0 Å². The molecule has 9 heteroatoms. The van der Waals surface area contributed by atoms with Gasteiger partial charge < -0.3 is 10.4 Å². The number of aromatic nitrogens is 3. The lowest BCUT2D eigenvalue weighted by molar-refractivity contribution is -0.123. The number of aromatic amines is 1. The normalized spacial score (nSPS) is 15.8. The number of carboxylic acid groups (broad SMARTS) is 1. The molecule has 9 nitrogen and oxygen atoms in total. The molecular weight excluding hydrogens is 424 g/mol. The van der Waals surface area contributed by atoms with Crippen LogP contribution >= 0.6 is 0 Å². The molecule has 3 aromatic rings. The molecular formula is C24H22N4O5. The van der Waals surface area contributed by atoms with Gasteiger partial charge in [0.2, 0.25) is 11.6 Å². The number of fused-ring (bicyclic) bond motifs is 2. The third-order valence-corrected chi connectivity index (χ3v) is 6.83. The van der Waals surface area contributed by atoms with Gasteiger partial charge in [-0.1, -0.05) is 18.6 Å². The summed E-state index contributed by atoms with van der Waals surface area (Å²) in [7, 11) is 0. The zero-order valence-electron chi connectivity index (χ0n) is 18.2. The van der Waals surface area contributed by atoms with Gasteiger partial charge in [0.1, 0.15) is 0 Å². The lowest BCUT2D eigenvalue weighted by atomic mass is 9.65. The maximum atomic E-state index is 12.5. The van der Waals surface area contributed by atoms with E-state index in [1.54, 1.807) is 12.1 Å². The number of hydrogen-bond donors (Lipinski definition) is 3. The van der Waals surface area contributed by atoms with Gasteiger partial charge in [-0.15, -0.1) is 0 Å². The summed E-state index contributed by atoms with van der Waals surface area (Å²) < 4.78 is 0.891. The summed E-state index contributed by atoms with van der Waals surface area (Å²) in [4.78, 5) is 49.7. The highest BCUT2D eigenvalue weighted by Gasteiger charge is 2.50. The van der Waals surface area contributed by atoms with Gasteiger partial charge in [0, 0.05) is 5.69 Å². The van der Waals surface area contributed by atoms with E-state index in [0.717, 1.165) is 57.4 Å². The zero-order valence-corrected chi connectivity index (χ0v) is 18.2. The van der Waals surface area contributed by atoms with E-state index in [0.29, 0.717) is 12.1 Å². The molecule has 0 saturated heterocycles. The number of amides is 1. The maximum Gasteiger partial charge on any atom is 0.362 e. The van der Waals surface area contributed by atoms with Gasteiger partial charge in [-0.25, -0.2) is 9.59 Å². The lowest BCUT2D eigenvalue weighted by Crippen LogP contribution is -2.40. The number of rotatable bonds is 4. The van der Waals surface area contributed by atoms with Crippen LogP contribution in [-0.4, -0.2) is 31.7 Å². The molecule has 168 valence electrons. The van der Waals surface area contributed by atoms with Crippen LogP contribution in [0.1, 0.15) is 57.6 Å². The second-order valence-electron chi connectivity index (χ2n) is 8.83. The molecule has 1 fully saturated rings. The Morgan fingerprint density at radius 2 is 1.82 bits per heavy atom. The Kier molecular flexibility index (Phi) is 4.59. The number of nitrogens with one attached hydrogen (secondary N) is 2. The smallest absolute Gasteiger partial charge is 0.362 e. The molecule has 0 atom stereocenters. The number of benzene rings is 2. The predicted molar refractivity (Wildman–Crippen MR) is 120 cm³/mol. The quantitative estimate of drug-likeness (QED) is 0.563. The van der Waals surface area contributed by atoms with E-state index in [1.165, 1.54) is 0 Å². The van der Waals surface area contributed by atoms with Gasteiger partial charge in [-0.05, 0) is 79.1 Å². The highest BCUT2D eigenvalue weighted by Crippen LogP contribution is 2.51. The first-order valence-electron chi connectivity index (χ1n) is 10.7. The maximum absolute atomic E-state index is 12.5. The Morgan fingerprint density at radius 3 is 2.42 bits per heavy atom. The van der Waals surface area contributed by atoms with Gasteiger partial charge in [-0.3, -0.25) is 14.6 Å². The summed E-state index contributed by atoms with van der Waals surface area (Å²) in [5.74, 6) is -1.42. The fourth-order valence-corrected chi connectivity index (χ4v) is 4.89. The molecule has 1 aromatic heterocycles. The number of H-pyrrole nitrogens is 1. The van der Waals surface area contributed by atoms with Crippen LogP contribution in [0.3, 0.4) is 0 Å². The highest BCUT2D eigenvalue weighted by molar-refractivity contribution is 6.07. The summed E-state index contributed by atoms with van der Waals surface area (Å²) in [5.41, 5.74) is 3.31. The van der Waals surface area contributed by atoms with E-state index in [9.17, 15) is 19.2 Å². The monoisotopic (exact) mass is 446 g/mol. The van der Waals surface area contributed by atoms with Gasteiger partial charge in [0.05, 0.1) is 11.1 Å². The summed E-state index contributed by atoms with van der Waals surface area (Å²) in [6.45, 7) is 3.82. The van der Waals surface area contributed by atoms with E-state index in [2.05, 4.69) is 16.5 Å². The Labute approximate surface area is 188 Å². The number of carbonyl (C=O) groups is 2. The number of nitrogens with zero attached hydrogens (tertiary/aromatic N) is 2. The highest BCUT2D eigenvalue weighted by atomic mass is 16.4. The van der Waals surface area contributed by atoms with E-state index < -0.39 is 22.9 Å². The first kappa shape index (κ1) is 20.9. The van der Waals surface area contributed by atoms with Crippen molar-refractivity contribution in [1.82, 2.24) is 14.8 Å². The van der Waals surface area contributed by atoms with Crippen molar-refractivity contribution in [2.45, 2.75) is 44.9 Å². The summed E-state index contributed by atoms with van der Waals surface area (Å²) in [5, 5.41) is 15.9. The van der Waals surface area contributed by atoms with E-state index in [-0.39, 0.29) is 11.3 Å². The van der Waals surface area contributed by atoms with Crippen LogP contribution in [0.15, 0.2) is 39.9 Å². The number of carbonyl (C=O) groups excluding carboxylic acids is 1. The second-order valence-corrected chi connectivity index (χ2v) is 8.83. The van der Waals surface area contributed by atoms with Crippen LogP contribution in [0, 0.1) is 13.8 Å². The first-order chi connectivity index (χ1) is 15.7. The predicted octanol–water partition coefficient (Wildman–Crippen LogP) is 2.20. The molecule has 0 bridgehead atoms. The minimum absolute atomic E-state index is 0.0946. The Morgan fingerprint density at radius 1 is 1.12 bits per heavy atom. The van der Waals surface area contributed by atoms with Crippen LogP contribution < -0.4 is 16.6 Å². The van der Waals surface area contributed by atoms with Crippen LogP contribution in [0.25, 0.3) is 5.69 Å². The van der Waals surface area contributed by atoms with Crippen molar-refractivity contribution >= 4 is 17.6 Å². The standard InChI is InChI=1S/C24H22N4O5/c1-12-8-15(28-23(33)26-20(29)19(27-28)21(30)31)9-13(2)16(12)10-14-4-5-18-17(11-14)24(6-3-7-24)22(32)25-18/h4-5,8-9,11H,3,6-7,10H2,1-2H3,(H,25,32)(H,30,31)(H,26,29,33). The molecule has 1 amide bonds. The van der Waals surface area contributed by atoms with Crippen LogP contribution in [0.4, 0.5) is 5.69 Å². The molecule has 2 aromatic carbocycles. The number of aromatic carboxylic acids is 1. The Balaban J connectivity index is 1.51. The molecule has 0 radical (unpaired) electrons. The number of carboxylic acids is 1. The SMILES string of the molecule is Cc1cc(-n2nc(C(=O)O)c(=O)[nH]c2=O)cc(C)c1Cc1ccc2c(c1)C1(CCC1)C(=O)N2. The fourth-order valence-electron chi connectivity index (χ4n) is 4.89. The number of hydrogen-bond acceptors (Lipinski definition) is 5. The fraction of sp³-hybridized carbons (Fsp3) is 0.292. The molecule has 1 spiro atoms. The Hall–Kier alpha value is -4.01. The molecule has 2 aliphatic rings. The lowest BCUT2D eigenvalue weighted by Gasteiger charge is -2.36. The van der Waals surface area contributed by atoms with E-state index in [4.69, 9.17) is 5.11 Å². The van der Waals surface area contributed by atoms with E-state index in [1.807, 2.05) is 31.0 Å². The molecule has 5 rings (SSSR count). The molecule has 2 heterocycles. The average molecular weight is 446 g/mol. The van der Waals surface area contributed by atoms with Crippen molar-refractivity contribution in [3.8, 4) is 5.69 Å². The number of aryl methyl sites for hydroxylation is 2. The van der Waals surface area contributed by atoms with Crippen LogP contribution in [-0.2, 0) is 16.6 Å². The summed E-state index contributed by atoms with van der Waals surface area (Å²) >= 11 is 0. The van der Waals surface area contributed by atoms with Crippen molar-refractivity contribution in [2.75, 3.05) is 5.32 Å². The molecule has 0 unspecified atom stereocenters. The number of anilines is 1. The molecule has 1 saturated carbocycles. The van der Waals surface area contributed by atoms with E-state index >= 15 is 0 Å². The van der Waals surface area contributed by atoms with Crippen molar-refractivity contribution < 1.29 is 14.7 Å². The third-order valence-electron chi connectivity index (χ3n) is 6.83. The van der Waals surface area contributed by atoms with Crippen LogP contribution in [0.5, 0.6) is 0 Å². The Bertz CT molecular complexity index is 1440. The van der Waals surface area contributed by atoms with Crippen molar-refractivity contribution in [1.29, 1.82) is 0 Å². The zero-order chi connectivity index (χ0) is 23.5. The molecule has 33 heavy (non-hydrogen) atoms. The minimum atomic E-state index is -1.51. The largest absolute Gasteiger partial charge is 0.476 e. The molecule has 1 aliphatic carbocycles. The topological polar surface area (TPSA) is 134 Å². The summed E-state index contributed by atoms with van der Waals surface area (Å²) in [6, 6.07) is 9.58. The van der Waals surface area contributed by atoms with Gasteiger partial charge >= 0.3 is 11.7 Å². The molecule has 1 aliphatic heterocycles. The molecule has 3 N–H and O–H groups in total. The second kappa shape index (κ2) is 7.26. The average Bonchev–Trinajstić information content (AvgIpc) is 3.01. The van der Waals surface area contributed by atoms with Crippen LogP contribution in [0.2, 0.25) is 0 Å². The first-order valence-corrected chi connectivity index (χ1v) is 10.7. The van der Waals surface area contributed by atoms with Crippen molar-refractivity contribution in [2.24, 2.45) is 0 Å². The minimum Gasteiger partial charge on any atom is -0.476 e. The van der Waals surface area contributed by atoms with Gasteiger partial charge in [0.25, 0.3) is 5.56 Å². The van der Waals surface area contributed by atoms with Crippen molar-refractivity contribution in [3.05, 3.63) is 84.7 Å². The van der Waals surface area contributed by atoms with Crippen molar-refractivity contribution in [3.63, 3.8) is 0 Å². The third kappa shape index (κ3) is 3.19. The van der Waals surface area contributed by atoms with Gasteiger partial charge in [-0.2, -0.15) is 9.78 Å². The summed E-state index contributed by atoms with van der Waals surface area (Å²) in [6.07, 6.45) is 3.45.